The summed E-state index contributed by atoms with van der Waals surface area (Å²) in [6, 6.07) is 5.82. The Morgan fingerprint density at radius 2 is 2.12 bits per heavy atom. The van der Waals surface area contributed by atoms with Crippen LogP contribution in [0.25, 0.3) is 0 Å². The standard InChI is InChI=1S/C12H15BrO3/c1-15-8-10(14)5-3-9-4-6-12(16-2)11(13)7-9/h4,6-7H,3,5,8H2,1-2H3. The molecule has 0 aromatic heterocycles. The molecule has 3 nitrogen and oxygen atoms in total. The van der Waals surface area contributed by atoms with Gasteiger partial charge >= 0.3 is 0 Å². The Hall–Kier alpha value is -0.870. The molecular formula is C12H15BrO3. The Labute approximate surface area is 104 Å². The second-order valence-corrected chi connectivity index (χ2v) is 4.29. The predicted octanol–water partition coefficient (Wildman–Crippen LogP) is 2.61. The van der Waals surface area contributed by atoms with Gasteiger partial charge in [0.1, 0.15) is 12.4 Å². The van der Waals surface area contributed by atoms with E-state index >= 15 is 0 Å². The average molecular weight is 287 g/mol. The number of carbonyl (C=O) groups excluding carboxylic acids is 1. The number of halogens is 1. The lowest BCUT2D eigenvalue weighted by Gasteiger charge is -2.06. The van der Waals surface area contributed by atoms with Crippen molar-refractivity contribution in [1.29, 1.82) is 0 Å². The number of ether oxygens (including phenoxy) is 2. The van der Waals surface area contributed by atoms with Gasteiger partial charge in [-0.3, -0.25) is 4.79 Å². The molecule has 1 aromatic carbocycles. The Balaban J connectivity index is 2.55. The second-order valence-electron chi connectivity index (χ2n) is 3.44. The van der Waals surface area contributed by atoms with Crippen molar-refractivity contribution in [2.75, 3.05) is 20.8 Å². The Kier molecular flexibility index (Phi) is 5.49. The van der Waals surface area contributed by atoms with E-state index in [9.17, 15) is 4.79 Å². The minimum atomic E-state index is 0.120. The van der Waals surface area contributed by atoms with Crippen molar-refractivity contribution in [1.82, 2.24) is 0 Å². The maximum absolute atomic E-state index is 11.3. The van der Waals surface area contributed by atoms with E-state index in [0.717, 1.165) is 22.2 Å². The van der Waals surface area contributed by atoms with E-state index in [1.54, 1.807) is 7.11 Å². The van der Waals surface area contributed by atoms with Gasteiger partial charge in [-0.2, -0.15) is 0 Å². The molecule has 1 rings (SSSR count). The zero-order valence-electron chi connectivity index (χ0n) is 9.46. The van der Waals surface area contributed by atoms with Crippen LogP contribution in [0, 0.1) is 0 Å². The summed E-state index contributed by atoms with van der Waals surface area (Å²) in [5.41, 5.74) is 1.11. The van der Waals surface area contributed by atoms with E-state index < -0.39 is 0 Å². The number of hydrogen-bond donors (Lipinski definition) is 0. The van der Waals surface area contributed by atoms with Crippen LogP contribution in [-0.2, 0) is 16.0 Å². The van der Waals surface area contributed by atoms with Gasteiger partial charge in [0.2, 0.25) is 0 Å². The fourth-order valence-corrected chi connectivity index (χ4v) is 1.97. The molecule has 0 aliphatic heterocycles. The second kappa shape index (κ2) is 6.66. The van der Waals surface area contributed by atoms with E-state index in [1.165, 1.54) is 7.11 Å². The smallest absolute Gasteiger partial charge is 0.158 e. The molecule has 0 spiro atoms. The number of methoxy groups -OCH3 is 2. The molecule has 0 unspecified atom stereocenters. The summed E-state index contributed by atoms with van der Waals surface area (Å²) in [4.78, 5) is 11.3. The van der Waals surface area contributed by atoms with E-state index in [1.807, 2.05) is 18.2 Å². The molecule has 0 saturated carbocycles. The highest BCUT2D eigenvalue weighted by molar-refractivity contribution is 9.10. The summed E-state index contributed by atoms with van der Waals surface area (Å²) in [6.45, 7) is 0.192. The van der Waals surface area contributed by atoms with Gasteiger partial charge in [-0.05, 0) is 40.0 Å². The van der Waals surface area contributed by atoms with Crippen LogP contribution in [0.4, 0.5) is 0 Å². The van der Waals surface area contributed by atoms with E-state index in [4.69, 9.17) is 9.47 Å². The van der Waals surface area contributed by atoms with Crippen molar-refractivity contribution in [3.63, 3.8) is 0 Å². The van der Waals surface area contributed by atoms with Crippen LogP contribution in [0.3, 0.4) is 0 Å². The fraction of sp³-hybridized carbons (Fsp3) is 0.417. The maximum Gasteiger partial charge on any atom is 0.158 e. The van der Waals surface area contributed by atoms with Gasteiger partial charge in [0.05, 0.1) is 11.6 Å². The first-order valence-electron chi connectivity index (χ1n) is 5.00. The van der Waals surface area contributed by atoms with Crippen LogP contribution < -0.4 is 4.74 Å². The molecule has 4 heteroatoms. The minimum absolute atomic E-state index is 0.120. The number of rotatable bonds is 6. The Morgan fingerprint density at radius 1 is 1.38 bits per heavy atom. The summed E-state index contributed by atoms with van der Waals surface area (Å²) in [6.07, 6.45) is 1.23. The summed E-state index contributed by atoms with van der Waals surface area (Å²) in [5.74, 6) is 0.918. The maximum atomic E-state index is 11.3. The van der Waals surface area contributed by atoms with Crippen LogP contribution in [0.5, 0.6) is 5.75 Å². The summed E-state index contributed by atoms with van der Waals surface area (Å²) >= 11 is 3.41. The van der Waals surface area contributed by atoms with Crippen molar-refractivity contribution in [2.24, 2.45) is 0 Å². The molecule has 0 aliphatic rings. The number of carbonyl (C=O) groups is 1. The highest BCUT2D eigenvalue weighted by atomic mass is 79.9. The first-order chi connectivity index (χ1) is 7.67. The zero-order chi connectivity index (χ0) is 12.0. The molecule has 0 N–H and O–H groups in total. The first kappa shape index (κ1) is 13.2. The van der Waals surface area contributed by atoms with Gasteiger partial charge in [-0.1, -0.05) is 6.07 Å². The molecule has 0 heterocycles. The number of benzene rings is 1. The SMILES string of the molecule is COCC(=O)CCc1ccc(OC)c(Br)c1. The van der Waals surface area contributed by atoms with Crippen molar-refractivity contribution >= 4 is 21.7 Å². The lowest BCUT2D eigenvalue weighted by molar-refractivity contribution is -0.122. The summed E-state index contributed by atoms with van der Waals surface area (Å²) in [7, 11) is 3.16. The molecule has 88 valence electrons. The van der Waals surface area contributed by atoms with Gasteiger partial charge in [0.25, 0.3) is 0 Å². The third kappa shape index (κ3) is 3.94. The lowest BCUT2D eigenvalue weighted by atomic mass is 10.1. The topological polar surface area (TPSA) is 35.5 Å². The Morgan fingerprint density at radius 3 is 2.69 bits per heavy atom. The number of aryl methyl sites for hydroxylation is 1. The number of ketones is 1. The van der Waals surface area contributed by atoms with Crippen LogP contribution >= 0.6 is 15.9 Å². The monoisotopic (exact) mass is 286 g/mol. The van der Waals surface area contributed by atoms with Crippen molar-refractivity contribution in [2.45, 2.75) is 12.8 Å². The van der Waals surface area contributed by atoms with E-state index in [2.05, 4.69) is 15.9 Å². The average Bonchev–Trinajstić information content (AvgIpc) is 2.27. The molecule has 0 fully saturated rings. The lowest BCUT2D eigenvalue weighted by Crippen LogP contribution is -2.07. The normalized spacial score (nSPS) is 10.2. The Bertz CT molecular complexity index is 363. The van der Waals surface area contributed by atoms with Crippen LogP contribution in [-0.4, -0.2) is 26.6 Å². The van der Waals surface area contributed by atoms with Crippen molar-refractivity contribution < 1.29 is 14.3 Å². The molecule has 0 amide bonds. The zero-order valence-corrected chi connectivity index (χ0v) is 11.0. The van der Waals surface area contributed by atoms with E-state index in [-0.39, 0.29) is 12.4 Å². The molecule has 0 bridgehead atoms. The van der Waals surface area contributed by atoms with Crippen LogP contribution in [0.15, 0.2) is 22.7 Å². The van der Waals surface area contributed by atoms with Gasteiger partial charge in [-0.25, -0.2) is 0 Å². The molecule has 0 radical (unpaired) electrons. The predicted molar refractivity (Wildman–Crippen MR) is 65.9 cm³/mol. The van der Waals surface area contributed by atoms with Crippen molar-refractivity contribution in [3.8, 4) is 5.75 Å². The fourth-order valence-electron chi connectivity index (χ4n) is 1.38. The largest absolute Gasteiger partial charge is 0.496 e. The summed E-state index contributed by atoms with van der Waals surface area (Å²) < 4.78 is 10.8. The molecule has 0 aliphatic carbocycles. The van der Waals surface area contributed by atoms with Crippen molar-refractivity contribution in [3.05, 3.63) is 28.2 Å². The highest BCUT2D eigenvalue weighted by Crippen LogP contribution is 2.25. The van der Waals surface area contributed by atoms with E-state index in [0.29, 0.717) is 6.42 Å². The number of Topliss-reactive ketones (excluding diaryl/α,β-unsaturated/α-hetero) is 1. The molecule has 0 atom stereocenters. The van der Waals surface area contributed by atoms with Gasteiger partial charge in [-0.15, -0.1) is 0 Å². The highest BCUT2D eigenvalue weighted by Gasteiger charge is 2.04. The third-order valence-corrected chi connectivity index (χ3v) is 2.83. The third-order valence-electron chi connectivity index (χ3n) is 2.21. The molecular weight excluding hydrogens is 272 g/mol. The number of hydrogen-bond acceptors (Lipinski definition) is 3. The van der Waals surface area contributed by atoms with Crippen LogP contribution in [0.1, 0.15) is 12.0 Å². The minimum Gasteiger partial charge on any atom is -0.496 e. The first-order valence-corrected chi connectivity index (χ1v) is 5.79. The molecule has 0 saturated heterocycles. The van der Waals surface area contributed by atoms with Gasteiger partial charge < -0.3 is 9.47 Å². The van der Waals surface area contributed by atoms with Gasteiger partial charge in [0.15, 0.2) is 5.78 Å². The quantitative estimate of drug-likeness (QED) is 0.806. The van der Waals surface area contributed by atoms with Gasteiger partial charge in [0, 0.05) is 13.5 Å². The molecule has 16 heavy (non-hydrogen) atoms. The molecule has 1 aromatic rings. The van der Waals surface area contributed by atoms with Crippen LogP contribution in [0.2, 0.25) is 0 Å². The summed E-state index contributed by atoms with van der Waals surface area (Å²) in [5, 5.41) is 0.